The summed E-state index contributed by atoms with van der Waals surface area (Å²) >= 11 is 9.54. The average Bonchev–Trinajstić information content (AvgIpc) is 2.55. The summed E-state index contributed by atoms with van der Waals surface area (Å²) in [6.07, 6.45) is 0. The molecule has 6 heteroatoms. The minimum Gasteiger partial charge on any atom is -0.489 e. The molecule has 124 valence electrons. The van der Waals surface area contributed by atoms with Crippen molar-refractivity contribution in [1.82, 2.24) is 0 Å². The van der Waals surface area contributed by atoms with E-state index in [2.05, 4.69) is 15.9 Å². The van der Waals surface area contributed by atoms with Crippen LogP contribution in [-0.2, 0) is 13.2 Å². The predicted octanol–water partition coefficient (Wildman–Crippen LogP) is 4.59. The second-order valence-electron chi connectivity index (χ2n) is 5.39. The first kappa shape index (κ1) is 17.0. The zero-order chi connectivity index (χ0) is 17.3. The van der Waals surface area contributed by atoms with Crippen LogP contribution in [0.4, 0.5) is 0 Å². The number of aryl methyl sites for hydroxylation is 1. The van der Waals surface area contributed by atoms with E-state index in [0.29, 0.717) is 27.5 Å². The first-order valence-corrected chi connectivity index (χ1v) is 8.40. The van der Waals surface area contributed by atoms with Crippen LogP contribution in [0, 0.1) is 6.92 Å². The molecule has 0 unspecified atom stereocenters. The van der Waals surface area contributed by atoms with Gasteiger partial charge in [0.1, 0.15) is 17.9 Å². The number of hydrogen-bond acceptors (Lipinski definition) is 4. The quantitative estimate of drug-likeness (QED) is 0.640. The van der Waals surface area contributed by atoms with E-state index >= 15 is 0 Å². The normalized spacial score (nSPS) is 11.0. The lowest BCUT2D eigenvalue weighted by molar-refractivity contribution is 0.259. The van der Waals surface area contributed by atoms with Crippen molar-refractivity contribution in [3.8, 4) is 5.75 Å². The van der Waals surface area contributed by atoms with Crippen LogP contribution < -0.4 is 10.4 Å². The van der Waals surface area contributed by atoms with Gasteiger partial charge in [-0.15, -0.1) is 0 Å². The van der Waals surface area contributed by atoms with Crippen LogP contribution in [0.15, 0.2) is 50.1 Å². The SMILES string of the molecule is Cc1cc2oc(=O)cc(COc3ccc(Br)cc3CO)c2cc1Cl. The molecule has 0 saturated carbocycles. The molecule has 0 radical (unpaired) electrons. The highest BCUT2D eigenvalue weighted by molar-refractivity contribution is 9.10. The van der Waals surface area contributed by atoms with Crippen molar-refractivity contribution in [1.29, 1.82) is 0 Å². The number of aliphatic hydroxyl groups excluding tert-OH is 1. The summed E-state index contributed by atoms with van der Waals surface area (Å²) in [6.45, 7) is 1.87. The van der Waals surface area contributed by atoms with E-state index < -0.39 is 5.63 Å². The van der Waals surface area contributed by atoms with Crippen molar-refractivity contribution in [2.75, 3.05) is 0 Å². The number of hydrogen-bond donors (Lipinski definition) is 1. The smallest absolute Gasteiger partial charge is 0.336 e. The summed E-state index contributed by atoms with van der Waals surface area (Å²) in [5, 5.41) is 10.8. The van der Waals surface area contributed by atoms with Gasteiger partial charge in [0, 0.05) is 32.1 Å². The maximum absolute atomic E-state index is 11.8. The van der Waals surface area contributed by atoms with Crippen molar-refractivity contribution in [2.24, 2.45) is 0 Å². The Balaban J connectivity index is 1.98. The van der Waals surface area contributed by atoms with Gasteiger partial charge in [-0.1, -0.05) is 27.5 Å². The number of fused-ring (bicyclic) bond motifs is 1. The minimum absolute atomic E-state index is 0.141. The Morgan fingerprint density at radius 2 is 2.00 bits per heavy atom. The van der Waals surface area contributed by atoms with Gasteiger partial charge in [-0.2, -0.15) is 0 Å². The summed E-state index contributed by atoms with van der Waals surface area (Å²) < 4.78 is 11.9. The fourth-order valence-corrected chi connectivity index (χ4v) is 3.01. The molecule has 0 saturated heterocycles. The second-order valence-corrected chi connectivity index (χ2v) is 6.71. The summed E-state index contributed by atoms with van der Waals surface area (Å²) in [4.78, 5) is 11.8. The predicted molar refractivity (Wildman–Crippen MR) is 96.6 cm³/mol. The van der Waals surface area contributed by atoms with Gasteiger partial charge in [0.15, 0.2) is 0 Å². The number of halogens is 2. The maximum atomic E-state index is 11.8. The van der Waals surface area contributed by atoms with E-state index in [0.717, 1.165) is 15.4 Å². The van der Waals surface area contributed by atoms with E-state index in [-0.39, 0.29) is 13.2 Å². The van der Waals surface area contributed by atoms with Gasteiger partial charge in [-0.3, -0.25) is 0 Å². The van der Waals surface area contributed by atoms with Crippen molar-refractivity contribution in [3.05, 3.63) is 73.0 Å². The highest BCUT2D eigenvalue weighted by atomic mass is 79.9. The first-order valence-electron chi connectivity index (χ1n) is 7.23. The number of rotatable bonds is 4. The maximum Gasteiger partial charge on any atom is 0.336 e. The molecule has 4 nitrogen and oxygen atoms in total. The molecule has 1 N–H and O–H groups in total. The summed E-state index contributed by atoms with van der Waals surface area (Å²) in [5.74, 6) is 0.556. The molecular formula is C18H14BrClO4. The molecule has 2 aromatic carbocycles. The van der Waals surface area contributed by atoms with Crippen molar-refractivity contribution in [2.45, 2.75) is 20.1 Å². The Bertz CT molecular complexity index is 965. The lowest BCUT2D eigenvalue weighted by atomic mass is 10.1. The largest absolute Gasteiger partial charge is 0.489 e. The van der Waals surface area contributed by atoms with Crippen molar-refractivity contribution >= 4 is 38.5 Å². The van der Waals surface area contributed by atoms with Gasteiger partial charge < -0.3 is 14.3 Å². The fraction of sp³-hybridized carbons (Fsp3) is 0.167. The van der Waals surface area contributed by atoms with Gasteiger partial charge in [0.25, 0.3) is 0 Å². The molecule has 3 rings (SSSR count). The highest BCUT2D eigenvalue weighted by Crippen LogP contribution is 2.28. The van der Waals surface area contributed by atoms with Crippen LogP contribution >= 0.6 is 27.5 Å². The molecule has 0 aliphatic carbocycles. The fourth-order valence-electron chi connectivity index (χ4n) is 2.44. The number of aliphatic hydroxyl groups is 1. The third-order valence-corrected chi connectivity index (χ3v) is 4.59. The average molecular weight is 410 g/mol. The topological polar surface area (TPSA) is 59.7 Å². The molecule has 0 aliphatic rings. The lowest BCUT2D eigenvalue weighted by Gasteiger charge is -2.12. The van der Waals surface area contributed by atoms with Crippen LogP contribution in [-0.4, -0.2) is 5.11 Å². The molecule has 0 atom stereocenters. The van der Waals surface area contributed by atoms with E-state index in [1.807, 2.05) is 13.0 Å². The van der Waals surface area contributed by atoms with Gasteiger partial charge in [-0.25, -0.2) is 4.79 Å². The molecule has 24 heavy (non-hydrogen) atoms. The summed E-state index contributed by atoms with van der Waals surface area (Å²) in [7, 11) is 0. The van der Waals surface area contributed by atoms with Gasteiger partial charge in [0.05, 0.1) is 6.61 Å². The van der Waals surface area contributed by atoms with Crippen molar-refractivity contribution in [3.63, 3.8) is 0 Å². The number of ether oxygens (including phenoxy) is 1. The van der Waals surface area contributed by atoms with Gasteiger partial charge >= 0.3 is 5.63 Å². The Kier molecular flexibility index (Phi) is 4.94. The standard InChI is InChI=1S/C18H14BrClO4/c1-10-4-17-14(7-15(10)20)12(6-18(22)24-17)9-23-16-3-2-13(19)5-11(16)8-21/h2-7,21H,8-9H2,1H3. The van der Waals surface area contributed by atoms with Crippen LogP contribution in [0.5, 0.6) is 5.75 Å². The Morgan fingerprint density at radius 1 is 1.21 bits per heavy atom. The van der Waals surface area contributed by atoms with Gasteiger partial charge in [0.2, 0.25) is 0 Å². The molecule has 0 fully saturated rings. The van der Waals surface area contributed by atoms with Crippen LogP contribution in [0.3, 0.4) is 0 Å². The van der Waals surface area contributed by atoms with E-state index in [1.54, 1.807) is 24.3 Å². The van der Waals surface area contributed by atoms with E-state index in [1.165, 1.54) is 6.07 Å². The summed E-state index contributed by atoms with van der Waals surface area (Å²) in [5.41, 5.74) is 2.20. The molecule has 0 aliphatic heterocycles. The lowest BCUT2D eigenvalue weighted by Crippen LogP contribution is -2.05. The van der Waals surface area contributed by atoms with Crippen LogP contribution in [0.1, 0.15) is 16.7 Å². The Morgan fingerprint density at radius 3 is 2.75 bits per heavy atom. The zero-order valence-corrected chi connectivity index (χ0v) is 15.1. The first-order chi connectivity index (χ1) is 11.5. The number of benzene rings is 2. The van der Waals surface area contributed by atoms with E-state index in [4.69, 9.17) is 20.8 Å². The molecule has 0 spiro atoms. The molecule has 0 amide bonds. The molecule has 3 aromatic rings. The Hall–Kier alpha value is -1.82. The Labute approximate surface area is 151 Å². The van der Waals surface area contributed by atoms with Crippen LogP contribution in [0.25, 0.3) is 11.0 Å². The monoisotopic (exact) mass is 408 g/mol. The second kappa shape index (κ2) is 6.97. The molecule has 1 aromatic heterocycles. The third kappa shape index (κ3) is 3.48. The molecule has 1 heterocycles. The summed E-state index contributed by atoms with van der Waals surface area (Å²) in [6, 6.07) is 10.3. The highest BCUT2D eigenvalue weighted by Gasteiger charge is 2.10. The van der Waals surface area contributed by atoms with Gasteiger partial charge in [-0.05, 0) is 42.8 Å². The van der Waals surface area contributed by atoms with Crippen LogP contribution in [0.2, 0.25) is 5.02 Å². The molecular weight excluding hydrogens is 396 g/mol. The zero-order valence-electron chi connectivity index (χ0n) is 12.8. The minimum atomic E-state index is -0.444. The van der Waals surface area contributed by atoms with Crippen molar-refractivity contribution < 1.29 is 14.3 Å². The van der Waals surface area contributed by atoms with E-state index in [9.17, 15) is 9.90 Å². The molecule has 0 bridgehead atoms. The third-order valence-electron chi connectivity index (χ3n) is 3.69.